The van der Waals surface area contributed by atoms with E-state index >= 15 is 0 Å². The molecular formula is C24H31N3O3. The monoisotopic (exact) mass is 409 g/mol. The SMILES string of the molecule is NCc1cccc(NC(=O)C[C@@H](NC(=O)OCc2ccccc2)C2CCCCC2)c1. The third kappa shape index (κ3) is 6.88. The molecule has 1 aliphatic rings. The largest absolute Gasteiger partial charge is 0.445 e. The van der Waals surface area contributed by atoms with Crippen LogP contribution in [0, 0.1) is 5.92 Å². The van der Waals surface area contributed by atoms with Crippen molar-refractivity contribution in [1.29, 1.82) is 0 Å². The molecule has 0 heterocycles. The lowest BCUT2D eigenvalue weighted by molar-refractivity contribution is -0.117. The van der Waals surface area contributed by atoms with Crippen LogP contribution in [-0.2, 0) is 22.7 Å². The molecule has 0 aromatic heterocycles. The normalized spacial score (nSPS) is 15.2. The average molecular weight is 410 g/mol. The molecule has 0 spiro atoms. The molecular weight excluding hydrogens is 378 g/mol. The van der Waals surface area contributed by atoms with Crippen LogP contribution < -0.4 is 16.4 Å². The molecule has 0 radical (unpaired) electrons. The van der Waals surface area contributed by atoms with E-state index in [1.807, 2.05) is 54.6 Å². The van der Waals surface area contributed by atoms with Crippen molar-refractivity contribution in [3.63, 3.8) is 0 Å². The Balaban J connectivity index is 1.58. The van der Waals surface area contributed by atoms with Gasteiger partial charge in [0.15, 0.2) is 0 Å². The Labute approximate surface area is 178 Å². The van der Waals surface area contributed by atoms with Gasteiger partial charge in [-0.2, -0.15) is 0 Å². The van der Waals surface area contributed by atoms with Crippen molar-refractivity contribution in [2.75, 3.05) is 5.32 Å². The van der Waals surface area contributed by atoms with Crippen LogP contribution in [0.2, 0.25) is 0 Å². The van der Waals surface area contributed by atoms with E-state index in [-0.39, 0.29) is 30.9 Å². The first-order valence-electron chi connectivity index (χ1n) is 10.7. The first-order valence-corrected chi connectivity index (χ1v) is 10.7. The van der Waals surface area contributed by atoms with E-state index in [4.69, 9.17) is 10.5 Å². The molecule has 1 saturated carbocycles. The summed E-state index contributed by atoms with van der Waals surface area (Å²) in [5, 5.41) is 5.88. The summed E-state index contributed by atoms with van der Waals surface area (Å²) in [6, 6.07) is 16.8. The summed E-state index contributed by atoms with van der Waals surface area (Å²) in [5.74, 6) is 0.159. The Kier molecular flexibility index (Phi) is 8.27. The van der Waals surface area contributed by atoms with Gasteiger partial charge in [-0.3, -0.25) is 4.79 Å². The molecule has 2 aromatic carbocycles. The van der Waals surface area contributed by atoms with Crippen LogP contribution in [0.15, 0.2) is 54.6 Å². The fraction of sp³-hybridized carbons (Fsp3) is 0.417. The highest BCUT2D eigenvalue weighted by molar-refractivity contribution is 5.91. The van der Waals surface area contributed by atoms with Crippen molar-refractivity contribution in [2.24, 2.45) is 11.7 Å². The van der Waals surface area contributed by atoms with E-state index in [0.717, 1.165) is 42.5 Å². The number of carbonyl (C=O) groups is 2. The second kappa shape index (κ2) is 11.4. The summed E-state index contributed by atoms with van der Waals surface area (Å²) >= 11 is 0. The van der Waals surface area contributed by atoms with Gasteiger partial charge >= 0.3 is 6.09 Å². The van der Waals surface area contributed by atoms with Crippen LogP contribution in [0.1, 0.15) is 49.7 Å². The highest BCUT2D eigenvalue weighted by Crippen LogP contribution is 2.28. The Morgan fingerprint density at radius 3 is 2.47 bits per heavy atom. The van der Waals surface area contributed by atoms with Gasteiger partial charge in [-0.1, -0.05) is 61.7 Å². The first-order chi connectivity index (χ1) is 14.6. The summed E-state index contributed by atoms with van der Waals surface area (Å²) in [4.78, 5) is 25.1. The molecule has 160 valence electrons. The van der Waals surface area contributed by atoms with Gasteiger partial charge in [0, 0.05) is 24.7 Å². The van der Waals surface area contributed by atoms with E-state index in [2.05, 4.69) is 10.6 Å². The number of ether oxygens (including phenoxy) is 1. The summed E-state index contributed by atoms with van der Waals surface area (Å²) < 4.78 is 5.38. The predicted octanol–water partition coefficient (Wildman–Crippen LogP) is 4.35. The van der Waals surface area contributed by atoms with Gasteiger partial charge < -0.3 is 21.1 Å². The zero-order chi connectivity index (χ0) is 21.2. The van der Waals surface area contributed by atoms with E-state index in [9.17, 15) is 9.59 Å². The van der Waals surface area contributed by atoms with Crippen LogP contribution in [0.5, 0.6) is 0 Å². The minimum absolute atomic E-state index is 0.122. The highest BCUT2D eigenvalue weighted by atomic mass is 16.5. The number of amides is 2. The molecule has 3 rings (SSSR count). The van der Waals surface area contributed by atoms with Gasteiger partial charge in [0.05, 0.1) is 0 Å². The van der Waals surface area contributed by atoms with Crippen molar-refractivity contribution in [3.05, 3.63) is 65.7 Å². The number of hydrogen-bond donors (Lipinski definition) is 3. The third-order valence-corrected chi connectivity index (χ3v) is 5.59. The number of nitrogens with two attached hydrogens (primary N) is 1. The first kappa shape index (κ1) is 21.8. The number of nitrogens with one attached hydrogen (secondary N) is 2. The van der Waals surface area contributed by atoms with E-state index < -0.39 is 6.09 Å². The van der Waals surface area contributed by atoms with Crippen LogP contribution in [-0.4, -0.2) is 18.0 Å². The van der Waals surface area contributed by atoms with Crippen molar-refractivity contribution >= 4 is 17.7 Å². The fourth-order valence-electron chi connectivity index (χ4n) is 3.98. The molecule has 2 aromatic rings. The van der Waals surface area contributed by atoms with Gasteiger partial charge in [0.25, 0.3) is 0 Å². The second-order valence-corrected chi connectivity index (χ2v) is 7.87. The summed E-state index contributed by atoms with van der Waals surface area (Å²) in [7, 11) is 0. The fourth-order valence-corrected chi connectivity index (χ4v) is 3.98. The number of alkyl carbamates (subject to hydrolysis) is 1. The molecule has 0 aliphatic heterocycles. The van der Waals surface area contributed by atoms with Crippen molar-refractivity contribution in [2.45, 2.75) is 57.7 Å². The van der Waals surface area contributed by atoms with E-state index in [1.54, 1.807) is 0 Å². The maximum absolute atomic E-state index is 12.7. The van der Waals surface area contributed by atoms with E-state index in [1.165, 1.54) is 6.42 Å². The summed E-state index contributed by atoms with van der Waals surface area (Å²) in [6.45, 7) is 0.630. The number of hydrogen-bond acceptors (Lipinski definition) is 4. The number of anilines is 1. The molecule has 6 nitrogen and oxygen atoms in total. The minimum atomic E-state index is -0.479. The predicted molar refractivity (Wildman–Crippen MR) is 118 cm³/mol. The maximum Gasteiger partial charge on any atom is 0.407 e. The van der Waals surface area contributed by atoms with Crippen molar-refractivity contribution < 1.29 is 14.3 Å². The summed E-state index contributed by atoms with van der Waals surface area (Å²) in [5.41, 5.74) is 8.29. The van der Waals surface area contributed by atoms with Crippen molar-refractivity contribution in [1.82, 2.24) is 5.32 Å². The molecule has 6 heteroatoms. The highest BCUT2D eigenvalue weighted by Gasteiger charge is 2.27. The van der Waals surface area contributed by atoms with Gasteiger partial charge in [0.1, 0.15) is 6.61 Å². The van der Waals surface area contributed by atoms with Gasteiger partial charge in [0.2, 0.25) is 5.91 Å². The smallest absolute Gasteiger partial charge is 0.407 e. The van der Waals surface area contributed by atoms with Gasteiger partial charge in [-0.15, -0.1) is 0 Å². The lowest BCUT2D eigenvalue weighted by Gasteiger charge is -2.30. The molecule has 1 aliphatic carbocycles. The van der Waals surface area contributed by atoms with Gasteiger partial charge in [-0.05, 0) is 42.0 Å². The van der Waals surface area contributed by atoms with Gasteiger partial charge in [-0.25, -0.2) is 4.79 Å². The molecule has 1 atom stereocenters. The van der Waals surface area contributed by atoms with Crippen LogP contribution in [0.4, 0.5) is 10.5 Å². The Hall–Kier alpha value is -2.86. The molecule has 4 N–H and O–H groups in total. The quantitative estimate of drug-likeness (QED) is 0.604. The molecule has 0 saturated heterocycles. The van der Waals surface area contributed by atoms with Crippen LogP contribution in [0.25, 0.3) is 0 Å². The Bertz CT molecular complexity index is 819. The summed E-state index contributed by atoms with van der Waals surface area (Å²) in [6.07, 6.45) is 5.23. The standard InChI is InChI=1S/C24H31N3O3/c25-16-19-10-7-13-21(14-19)26-23(28)15-22(20-11-5-2-6-12-20)27-24(29)30-17-18-8-3-1-4-9-18/h1,3-4,7-10,13-14,20,22H,2,5-6,11-12,15-17,25H2,(H,26,28)(H,27,29)/t22-/m1/s1. The molecule has 1 fully saturated rings. The van der Waals surface area contributed by atoms with Crippen molar-refractivity contribution in [3.8, 4) is 0 Å². The second-order valence-electron chi connectivity index (χ2n) is 7.87. The molecule has 0 bridgehead atoms. The molecule has 0 unspecified atom stereocenters. The lowest BCUT2D eigenvalue weighted by Crippen LogP contribution is -2.43. The third-order valence-electron chi connectivity index (χ3n) is 5.59. The molecule has 2 amide bonds. The van der Waals surface area contributed by atoms with E-state index in [0.29, 0.717) is 6.54 Å². The maximum atomic E-state index is 12.7. The topological polar surface area (TPSA) is 93.5 Å². The number of carbonyl (C=O) groups excluding carboxylic acids is 2. The number of benzene rings is 2. The van der Waals surface area contributed by atoms with Crippen LogP contribution in [0.3, 0.4) is 0 Å². The number of rotatable bonds is 8. The average Bonchev–Trinajstić information content (AvgIpc) is 2.78. The molecule has 30 heavy (non-hydrogen) atoms. The zero-order valence-corrected chi connectivity index (χ0v) is 17.3. The lowest BCUT2D eigenvalue weighted by atomic mass is 9.82. The zero-order valence-electron chi connectivity index (χ0n) is 17.3. The van der Waals surface area contributed by atoms with Crippen LogP contribution >= 0.6 is 0 Å². The minimum Gasteiger partial charge on any atom is -0.445 e. The Morgan fingerprint density at radius 1 is 1.00 bits per heavy atom. The Morgan fingerprint density at radius 2 is 1.73 bits per heavy atom.